The van der Waals surface area contributed by atoms with E-state index in [1.165, 1.54) is 29.4 Å². The number of carbonyl (C=O) groups excluding carboxylic acids is 3. The number of benzene rings is 1. The van der Waals surface area contributed by atoms with Crippen LogP contribution in [0, 0.1) is 0 Å². The SMILES string of the molecule is CC(=O)c1cc(C(=O)O[C@H](C)C(=O)N(C)c2ccccc2)n(C)c1. The number of esters is 1. The molecule has 0 aliphatic heterocycles. The Kier molecular flexibility index (Phi) is 5.18. The standard InChI is InChI=1S/C18H20N2O4/c1-12(21)14-10-16(19(3)11-14)18(23)24-13(2)17(22)20(4)15-8-6-5-7-9-15/h5-11,13H,1-4H3/t13-/m1/s1. The predicted molar refractivity (Wildman–Crippen MR) is 90.1 cm³/mol. The summed E-state index contributed by atoms with van der Waals surface area (Å²) >= 11 is 0. The first-order valence-corrected chi connectivity index (χ1v) is 7.52. The zero-order valence-corrected chi connectivity index (χ0v) is 14.1. The molecule has 1 atom stereocenters. The number of amides is 1. The number of anilines is 1. The molecule has 6 nitrogen and oxygen atoms in total. The monoisotopic (exact) mass is 328 g/mol. The molecular formula is C18H20N2O4. The van der Waals surface area contributed by atoms with Crippen LogP contribution >= 0.6 is 0 Å². The van der Waals surface area contributed by atoms with Crippen molar-refractivity contribution in [1.29, 1.82) is 0 Å². The Hall–Kier alpha value is -2.89. The first kappa shape index (κ1) is 17.5. The van der Waals surface area contributed by atoms with Gasteiger partial charge in [-0.3, -0.25) is 9.59 Å². The summed E-state index contributed by atoms with van der Waals surface area (Å²) in [6.45, 7) is 2.94. The average molecular weight is 328 g/mol. The van der Waals surface area contributed by atoms with Gasteiger partial charge in [0.05, 0.1) is 0 Å². The van der Waals surface area contributed by atoms with E-state index in [2.05, 4.69) is 0 Å². The molecule has 0 bridgehead atoms. The van der Waals surface area contributed by atoms with E-state index >= 15 is 0 Å². The maximum atomic E-state index is 12.4. The van der Waals surface area contributed by atoms with Crippen molar-refractivity contribution in [3.63, 3.8) is 0 Å². The van der Waals surface area contributed by atoms with Gasteiger partial charge in [0.2, 0.25) is 0 Å². The molecular weight excluding hydrogens is 308 g/mol. The van der Waals surface area contributed by atoms with E-state index in [4.69, 9.17) is 4.74 Å². The third-order valence-corrected chi connectivity index (χ3v) is 3.73. The fourth-order valence-electron chi connectivity index (χ4n) is 2.28. The van der Waals surface area contributed by atoms with Crippen molar-refractivity contribution in [2.75, 3.05) is 11.9 Å². The van der Waals surface area contributed by atoms with Crippen LogP contribution in [0.2, 0.25) is 0 Å². The molecule has 1 heterocycles. The summed E-state index contributed by atoms with van der Waals surface area (Å²) in [5, 5.41) is 0. The predicted octanol–water partition coefficient (Wildman–Crippen LogP) is 2.44. The second kappa shape index (κ2) is 7.12. The number of ketones is 1. The van der Waals surface area contributed by atoms with Crippen molar-refractivity contribution < 1.29 is 19.1 Å². The molecule has 6 heteroatoms. The summed E-state index contributed by atoms with van der Waals surface area (Å²) in [6, 6.07) is 10.5. The minimum Gasteiger partial charge on any atom is -0.448 e. The van der Waals surface area contributed by atoms with Crippen LogP contribution in [0.3, 0.4) is 0 Å². The summed E-state index contributed by atoms with van der Waals surface area (Å²) in [5.74, 6) is -1.12. The number of Topliss-reactive ketones (excluding diaryl/α,β-unsaturated/α-hetero) is 1. The van der Waals surface area contributed by atoms with Gasteiger partial charge in [0.1, 0.15) is 5.69 Å². The smallest absolute Gasteiger partial charge is 0.355 e. The van der Waals surface area contributed by atoms with Crippen molar-refractivity contribution in [3.05, 3.63) is 53.9 Å². The molecule has 1 amide bonds. The lowest BCUT2D eigenvalue weighted by atomic mass is 10.2. The van der Waals surface area contributed by atoms with E-state index in [1.54, 1.807) is 32.4 Å². The molecule has 0 unspecified atom stereocenters. The van der Waals surface area contributed by atoms with E-state index in [1.807, 2.05) is 18.2 Å². The Morgan fingerprint density at radius 3 is 2.33 bits per heavy atom. The molecule has 2 rings (SSSR count). The van der Waals surface area contributed by atoms with E-state index in [9.17, 15) is 14.4 Å². The fraction of sp³-hybridized carbons (Fsp3) is 0.278. The number of ether oxygens (including phenoxy) is 1. The molecule has 2 aromatic rings. The van der Waals surface area contributed by atoms with Gasteiger partial charge in [-0.25, -0.2) is 4.79 Å². The lowest BCUT2D eigenvalue weighted by Crippen LogP contribution is -2.37. The zero-order valence-electron chi connectivity index (χ0n) is 14.1. The zero-order chi connectivity index (χ0) is 17.9. The molecule has 0 aliphatic carbocycles. The number of hydrogen-bond acceptors (Lipinski definition) is 4. The first-order valence-electron chi connectivity index (χ1n) is 7.52. The third-order valence-electron chi connectivity index (χ3n) is 3.73. The maximum absolute atomic E-state index is 12.4. The molecule has 1 aromatic heterocycles. The van der Waals surface area contributed by atoms with Crippen molar-refractivity contribution in [3.8, 4) is 0 Å². The van der Waals surface area contributed by atoms with Gasteiger partial charge in [-0.15, -0.1) is 0 Å². The summed E-state index contributed by atoms with van der Waals surface area (Å²) in [7, 11) is 3.27. The highest BCUT2D eigenvalue weighted by atomic mass is 16.5. The van der Waals surface area contributed by atoms with Crippen LogP contribution < -0.4 is 4.90 Å². The number of aryl methyl sites for hydroxylation is 1. The molecule has 0 radical (unpaired) electrons. The van der Waals surface area contributed by atoms with Crippen molar-refractivity contribution >= 4 is 23.3 Å². The Balaban J connectivity index is 2.08. The van der Waals surface area contributed by atoms with Gasteiger partial charge in [-0.05, 0) is 32.0 Å². The molecule has 126 valence electrons. The maximum Gasteiger partial charge on any atom is 0.355 e. The number of carbonyl (C=O) groups is 3. The van der Waals surface area contributed by atoms with E-state index in [0.29, 0.717) is 11.3 Å². The Morgan fingerprint density at radius 1 is 1.17 bits per heavy atom. The number of hydrogen-bond donors (Lipinski definition) is 0. The van der Waals surface area contributed by atoms with Crippen LogP contribution in [0.4, 0.5) is 5.69 Å². The second-order valence-corrected chi connectivity index (χ2v) is 5.56. The van der Waals surface area contributed by atoms with Gasteiger partial charge in [0, 0.05) is 31.5 Å². The highest BCUT2D eigenvalue weighted by Crippen LogP contribution is 2.15. The van der Waals surface area contributed by atoms with E-state index in [-0.39, 0.29) is 17.4 Å². The third kappa shape index (κ3) is 3.71. The fourth-order valence-corrected chi connectivity index (χ4v) is 2.28. The van der Waals surface area contributed by atoms with Crippen LogP contribution in [0.15, 0.2) is 42.6 Å². The van der Waals surface area contributed by atoms with Gasteiger partial charge in [0.25, 0.3) is 5.91 Å². The lowest BCUT2D eigenvalue weighted by molar-refractivity contribution is -0.126. The number of rotatable bonds is 5. The number of para-hydroxylation sites is 1. The molecule has 0 fully saturated rings. The van der Waals surface area contributed by atoms with E-state index < -0.39 is 12.1 Å². The van der Waals surface area contributed by atoms with Gasteiger partial charge < -0.3 is 14.2 Å². The summed E-state index contributed by atoms with van der Waals surface area (Å²) in [5.41, 5.74) is 1.36. The minimum atomic E-state index is -0.946. The number of nitrogens with zero attached hydrogens (tertiary/aromatic N) is 2. The van der Waals surface area contributed by atoms with Crippen molar-refractivity contribution in [2.24, 2.45) is 7.05 Å². The van der Waals surface area contributed by atoms with Crippen LogP contribution in [-0.4, -0.2) is 35.4 Å². The van der Waals surface area contributed by atoms with E-state index in [0.717, 1.165) is 0 Å². The van der Waals surface area contributed by atoms with Crippen molar-refractivity contribution in [1.82, 2.24) is 4.57 Å². The molecule has 24 heavy (non-hydrogen) atoms. The number of likely N-dealkylation sites (N-methyl/N-ethyl adjacent to an activating group) is 1. The van der Waals surface area contributed by atoms with Gasteiger partial charge in [-0.1, -0.05) is 18.2 Å². The van der Waals surface area contributed by atoms with Crippen LogP contribution in [-0.2, 0) is 16.6 Å². The quantitative estimate of drug-likeness (QED) is 0.624. The largest absolute Gasteiger partial charge is 0.448 e. The summed E-state index contributed by atoms with van der Waals surface area (Å²) in [4.78, 5) is 37.5. The topological polar surface area (TPSA) is 68.6 Å². The Morgan fingerprint density at radius 2 is 1.79 bits per heavy atom. The summed E-state index contributed by atoms with van der Waals surface area (Å²) in [6.07, 6.45) is 0.611. The molecule has 0 aliphatic rings. The molecule has 0 spiro atoms. The van der Waals surface area contributed by atoms with Crippen LogP contribution in [0.1, 0.15) is 34.7 Å². The van der Waals surface area contributed by atoms with Crippen LogP contribution in [0.5, 0.6) is 0 Å². The molecule has 0 saturated carbocycles. The second-order valence-electron chi connectivity index (χ2n) is 5.56. The van der Waals surface area contributed by atoms with Crippen molar-refractivity contribution in [2.45, 2.75) is 20.0 Å². The van der Waals surface area contributed by atoms with Gasteiger partial charge in [-0.2, -0.15) is 0 Å². The normalized spacial score (nSPS) is 11.7. The summed E-state index contributed by atoms with van der Waals surface area (Å²) < 4.78 is 6.76. The Labute approximate surface area is 140 Å². The lowest BCUT2D eigenvalue weighted by Gasteiger charge is -2.21. The molecule has 0 N–H and O–H groups in total. The first-order chi connectivity index (χ1) is 11.3. The van der Waals surface area contributed by atoms with Gasteiger partial charge >= 0.3 is 5.97 Å². The average Bonchev–Trinajstić information content (AvgIpc) is 2.96. The minimum absolute atomic E-state index is 0.141. The van der Waals surface area contributed by atoms with Gasteiger partial charge in [0.15, 0.2) is 11.9 Å². The highest BCUT2D eigenvalue weighted by Gasteiger charge is 2.24. The number of aromatic nitrogens is 1. The molecule has 1 aromatic carbocycles. The van der Waals surface area contributed by atoms with Crippen LogP contribution in [0.25, 0.3) is 0 Å². The molecule has 0 saturated heterocycles. The Bertz CT molecular complexity index is 765. The highest BCUT2D eigenvalue weighted by molar-refractivity contribution is 6.00.